The quantitative estimate of drug-likeness (QED) is 0.786. The van der Waals surface area contributed by atoms with Gasteiger partial charge in [-0.2, -0.15) is 0 Å². The van der Waals surface area contributed by atoms with Gasteiger partial charge in [0.05, 0.1) is 25.7 Å². The molecule has 0 bridgehead atoms. The summed E-state index contributed by atoms with van der Waals surface area (Å²) in [6, 6.07) is -0.367. The number of hydrogen-bond donors (Lipinski definition) is 1. The lowest BCUT2D eigenvalue weighted by atomic mass is 10.1. The summed E-state index contributed by atoms with van der Waals surface area (Å²) in [7, 11) is 0. The van der Waals surface area contributed by atoms with E-state index >= 15 is 0 Å². The molecule has 2 amide bonds. The van der Waals surface area contributed by atoms with E-state index in [4.69, 9.17) is 9.84 Å². The van der Waals surface area contributed by atoms with E-state index in [0.29, 0.717) is 25.7 Å². The van der Waals surface area contributed by atoms with Crippen LogP contribution in [0.2, 0.25) is 0 Å². The lowest BCUT2D eigenvalue weighted by Crippen LogP contribution is -2.53. The minimum absolute atomic E-state index is 0.0334. The smallest absolute Gasteiger partial charge is 0.320 e. The van der Waals surface area contributed by atoms with Gasteiger partial charge in [-0.05, 0) is 12.3 Å². The van der Waals surface area contributed by atoms with Gasteiger partial charge in [0.15, 0.2) is 0 Å². The van der Waals surface area contributed by atoms with Crippen molar-refractivity contribution in [2.24, 2.45) is 5.92 Å². The molecule has 0 aromatic carbocycles. The molecule has 2 unspecified atom stereocenters. The Labute approximate surface area is 106 Å². The van der Waals surface area contributed by atoms with Crippen LogP contribution in [0.5, 0.6) is 0 Å². The van der Waals surface area contributed by atoms with Crippen molar-refractivity contribution >= 4 is 12.0 Å². The molecule has 1 N–H and O–H groups in total. The summed E-state index contributed by atoms with van der Waals surface area (Å²) in [6.07, 6.45) is 0.981. The number of morpholine rings is 1. The number of nitrogens with zero attached hydrogens (tertiary/aromatic N) is 2. The van der Waals surface area contributed by atoms with Crippen molar-refractivity contribution in [2.45, 2.75) is 25.8 Å². The summed E-state index contributed by atoms with van der Waals surface area (Å²) in [5.74, 6) is -0.356. The molecule has 2 aliphatic rings. The fourth-order valence-electron chi connectivity index (χ4n) is 2.57. The fourth-order valence-corrected chi connectivity index (χ4v) is 2.57. The number of carboxylic acids is 1. The lowest BCUT2D eigenvalue weighted by molar-refractivity contribution is -0.139. The molecule has 0 spiro atoms. The van der Waals surface area contributed by atoms with Gasteiger partial charge in [-0.25, -0.2) is 4.79 Å². The zero-order chi connectivity index (χ0) is 13.1. The van der Waals surface area contributed by atoms with Crippen molar-refractivity contribution in [3.8, 4) is 0 Å². The van der Waals surface area contributed by atoms with Crippen LogP contribution >= 0.6 is 0 Å². The fraction of sp³-hybridized carbons (Fsp3) is 0.833. The van der Waals surface area contributed by atoms with E-state index < -0.39 is 5.97 Å². The molecule has 2 fully saturated rings. The van der Waals surface area contributed by atoms with Crippen LogP contribution in [0.1, 0.15) is 19.8 Å². The number of amides is 2. The van der Waals surface area contributed by atoms with Crippen LogP contribution in [0, 0.1) is 5.92 Å². The monoisotopic (exact) mass is 256 g/mol. The largest absolute Gasteiger partial charge is 0.481 e. The van der Waals surface area contributed by atoms with Gasteiger partial charge in [0, 0.05) is 19.6 Å². The minimum Gasteiger partial charge on any atom is -0.481 e. The maximum Gasteiger partial charge on any atom is 0.320 e. The van der Waals surface area contributed by atoms with Crippen molar-refractivity contribution in [1.82, 2.24) is 9.80 Å². The van der Waals surface area contributed by atoms with E-state index in [1.54, 1.807) is 4.90 Å². The molecule has 102 valence electrons. The number of carbonyl (C=O) groups excluding carboxylic acids is 1. The number of carbonyl (C=O) groups is 2. The molecule has 18 heavy (non-hydrogen) atoms. The van der Waals surface area contributed by atoms with Gasteiger partial charge in [0.25, 0.3) is 0 Å². The molecule has 0 saturated carbocycles. The second kappa shape index (κ2) is 5.56. The van der Waals surface area contributed by atoms with Gasteiger partial charge in [-0.15, -0.1) is 0 Å². The van der Waals surface area contributed by atoms with Crippen molar-refractivity contribution < 1.29 is 19.4 Å². The summed E-state index contributed by atoms with van der Waals surface area (Å²) in [5.41, 5.74) is 0. The number of aliphatic carboxylic acids is 1. The maximum atomic E-state index is 12.3. The molecular weight excluding hydrogens is 236 g/mol. The van der Waals surface area contributed by atoms with Crippen LogP contribution in [-0.2, 0) is 9.53 Å². The Kier molecular flexibility index (Phi) is 4.06. The zero-order valence-electron chi connectivity index (χ0n) is 10.7. The Balaban J connectivity index is 1.99. The number of rotatable bonds is 2. The summed E-state index contributed by atoms with van der Waals surface area (Å²) in [4.78, 5) is 26.6. The van der Waals surface area contributed by atoms with E-state index in [-0.39, 0.29) is 18.5 Å². The van der Waals surface area contributed by atoms with E-state index in [1.807, 2.05) is 4.90 Å². The average Bonchev–Trinajstić information content (AvgIpc) is 2.75. The molecule has 0 aliphatic carbocycles. The molecular formula is C12H20N2O4. The number of hydrogen-bond acceptors (Lipinski definition) is 3. The van der Waals surface area contributed by atoms with E-state index in [9.17, 15) is 9.59 Å². The van der Waals surface area contributed by atoms with Crippen LogP contribution in [0.3, 0.4) is 0 Å². The first-order valence-electron chi connectivity index (χ1n) is 6.43. The summed E-state index contributed by atoms with van der Waals surface area (Å²) < 4.78 is 5.27. The Bertz CT molecular complexity index is 334. The molecule has 2 saturated heterocycles. The zero-order valence-corrected chi connectivity index (χ0v) is 10.7. The first-order valence-corrected chi connectivity index (χ1v) is 6.43. The lowest BCUT2D eigenvalue weighted by Gasteiger charge is -2.37. The standard InChI is InChI=1S/C12H20N2O4/c1-9-2-3-13(7-9)12(17)14-4-5-18-8-10(14)6-11(15)16/h9-10H,2-8H2,1H3,(H,15,16). The van der Waals surface area contributed by atoms with Crippen LogP contribution in [-0.4, -0.2) is 65.8 Å². The van der Waals surface area contributed by atoms with Gasteiger partial charge >= 0.3 is 12.0 Å². The summed E-state index contributed by atoms with van der Waals surface area (Å²) in [5, 5.41) is 8.87. The third-order valence-corrected chi connectivity index (χ3v) is 3.58. The number of ether oxygens (including phenoxy) is 1. The average molecular weight is 256 g/mol. The SMILES string of the molecule is CC1CCN(C(=O)N2CCOCC2CC(=O)O)C1. The number of carboxylic acid groups (broad SMARTS) is 1. The van der Waals surface area contributed by atoms with E-state index in [2.05, 4.69) is 6.92 Å². The third-order valence-electron chi connectivity index (χ3n) is 3.58. The molecule has 6 heteroatoms. The highest BCUT2D eigenvalue weighted by Crippen LogP contribution is 2.20. The minimum atomic E-state index is -0.891. The molecule has 2 heterocycles. The highest BCUT2D eigenvalue weighted by atomic mass is 16.5. The van der Waals surface area contributed by atoms with Crippen molar-refractivity contribution in [3.63, 3.8) is 0 Å². The predicted octanol–water partition coefficient (Wildman–Crippen LogP) is 0.624. The highest BCUT2D eigenvalue weighted by Gasteiger charge is 2.34. The van der Waals surface area contributed by atoms with Gasteiger partial charge in [0.2, 0.25) is 0 Å². The van der Waals surface area contributed by atoms with Crippen LogP contribution in [0.4, 0.5) is 4.79 Å². The van der Waals surface area contributed by atoms with E-state index in [1.165, 1.54) is 0 Å². The first kappa shape index (κ1) is 13.1. The molecule has 0 aromatic heterocycles. The Hall–Kier alpha value is -1.30. The van der Waals surface area contributed by atoms with Crippen molar-refractivity contribution in [2.75, 3.05) is 32.8 Å². The second-order valence-corrected chi connectivity index (χ2v) is 5.14. The van der Waals surface area contributed by atoms with Gasteiger partial charge in [0.1, 0.15) is 0 Å². The maximum absolute atomic E-state index is 12.3. The molecule has 2 aliphatic heterocycles. The van der Waals surface area contributed by atoms with Crippen molar-refractivity contribution in [3.05, 3.63) is 0 Å². The van der Waals surface area contributed by atoms with E-state index in [0.717, 1.165) is 19.5 Å². The predicted molar refractivity (Wildman–Crippen MR) is 64.3 cm³/mol. The molecule has 2 rings (SSSR count). The van der Waals surface area contributed by atoms with Gasteiger partial charge in [-0.1, -0.05) is 6.92 Å². The number of likely N-dealkylation sites (tertiary alicyclic amines) is 1. The summed E-state index contributed by atoms with van der Waals surface area (Å²) >= 11 is 0. The molecule has 2 atom stereocenters. The Morgan fingerprint density at radius 2 is 2.17 bits per heavy atom. The van der Waals surface area contributed by atoms with Gasteiger partial charge in [-0.3, -0.25) is 4.79 Å². The van der Waals surface area contributed by atoms with Crippen LogP contribution in [0.15, 0.2) is 0 Å². The second-order valence-electron chi connectivity index (χ2n) is 5.14. The van der Waals surface area contributed by atoms with Crippen LogP contribution in [0.25, 0.3) is 0 Å². The summed E-state index contributed by atoms with van der Waals surface area (Å²) in [6.45, 7) is 4.98. The topological polar surface area (TPSA) is 70.1 Å². The Morgan fingerprint density at radius 3 is 2.78 bits per heavy atom. The van der Waals surface area contributed by atoms with Gasteiger partial charge < -0.3 is 19.6 Å². The normalized spacial score (nSPS) is 28.5. The van der Waals surface area contributed by atoms with Crippen LogP contribution < -0.4 is 0 Å². The number of urea groups is 1. The van der Waals surface area contributed by atoms with Crippen molar-refractivity contribution in [1.29, 1.82) is 0 Å². The third kappa shape index (κ3) is 2.93. The molecule has 0 aromatic rings. The molecule has 0 radical (unpaired) electrons. The highest BCUT2D eigenvalue weighted by molar-refractivity contribution is 5.76. The molecule has 6 nitrogen and oxygen atoms in total. The Morgan fingerprint density at radius 1 is 1.39 bits per heavy atom. The first-order chi connectivity index (χ1) is 8.58.